The molecule has 0 saturated carbocycles. The van der Waals surface area contributed by atoms with Crippen LogP contribution >= 0.6 is 11.8 Å². The van der Waals surface area contributed by atoms with Gasteiger partial charge in [-0.15, -0.1) is 0 Å². The number of para-hydroxylation sites is 1. The normalized spacial score (nSPS) is 33.2. The van der Waals surface area contributed by atoms with Crippen molar-refractivity contribution in [1.82, 2.24) is 0 Å². The predicted molar refractivity (Wildman–Crippen MR) is 65.9 cm³/mol. The van der Waals surface area contributed by atoms with E-state index in [0.29, 0.717) is 0 Å². The average Bonchev–Trinajstić information content (AvgIpc) is 2.30. The van der Waals surface area contributed by atoms with Crippen LogP contribution in [0.2, 0.25) is 0 Å². The SMILES string of the molecule is O[C@H]1CC2(CCCSC2)Oc2ccccc21. The number of benzene rings is 1. The number of aliphatic hydroxyl groups excluding tert-OH is 1. The fraction of sp³-hybridized carbons (Fsp3) is 0.538. The van der Waals surface area contributed by atoms with E-state index < -0.39 is 0 Å². The maximum atomic E-state index is 10.2. The largest absolute Gasteiger partial charge is 0.486 e. The van der Waals surface area contributed by atoms with Gasteiger partial charge in [0.25, 0.3) is 0 Å². The smallest absolute Gasteiger partial charge is 0.125 e. The molecule has 0 aromatic heterocycles. The molecule has 2 aliphatic rings. The van der Waals surface area contributed by atoms with Crippen LogP contribution in [0.25, 0.3) is 0 Å². The van der Waals surface area contributed by atoms with Crippen LogP contribution in [0, 0.1) is 0 Å². The number of thioether (sulfide) groups is 1. The third kappa shape index (κ3) is 1.72. The fourth-order valence-corrected chi connectivity index (χ4v) is 3.84. The van der Waals surface area contributed by atoms with Crippen LogP contribution in [-0.4, -0.2) is 22.2 Å². The van der Waals surface area contributed by atoms with Gasteiger partial charge in [0.05, 0.1) is 6.10 Å². The molecule has 1 aromatic rings. The summed E-state index contributed by atoms with van der Waals surface area (Å²) in [5, 5.41) is 10.2. The second-order valence-corrected chi connectivity index (χ2v) is 5.80. The van der Waals surface area contributed by atoms with E-state index in [0.717, 1.165) is 29.9 Å². The van der Waals surface area contributed by atoms with Crippen molar-refractivity contribution < 1.29 is 9.84 Å². The van der Waals surface area contributed by atoms with Crippen LogP contribution in [-0.2, 0) is 0 Å². The lowest BCUT2D eigenvalue weighted by Gasteiger charge is -2.42. The van der Waals surface area contributed by atoms with E-state index in [9.17, 15) is 5.11 Å². The topological polar surface area (TPSA) is 29.5 Å². The van der Waals surface area contributed by atoms with Gasteiger partial charge >= 0.3 is 0 Å². The molecule has 3 rings (SSSR count). The zero-order valence-corrected chi connectivity index (χ0v) is 10.0. The minimum Gasteiger partial charge on any atom is -0.486 e. The number of ether oxygens (including phenoxy) is 1. The van der Waals surface area contributed by atoms with Crippen molar-refractivity contribution in [2.45, 2.75) is 31.0 Å². The van der Waals surface area contributed by atoms with Gasteiger partial charge in [-0.1, -0.05) is 18.2 Å². The molecule has 0 bridgehead atoms. The molecule has 1 fully saturated rings. The Morgan fingerprint density at radius 3 is 3.06 bits per heavy atom. The molecule has 1 spiro atoms. The molecule has 1 unspecified atom stereocenters. The van der Waals surface area contributed by atoms with Crippen LogP contribution < -0.4 is 4.74 Å². The first-order chi connectivity index (χ1) is 7.79. The molecule has 0 radical (unpaired) electrons. The Hall–Kier alpha value is -0.670. The second-order valence-electron chi connectivity index (χ2n) is 4.70. The standard InChI is InChI=1S/C13H16O2S/c14-11-8-13(6-3-7-16-9-13)15-12-5-2-1-4-10(11)12/h1-2,4-5,11,14H,3,6-9H2/t11-,13?/m0/s1. The lowest BCUT2D eigenvalue weighted by molar-refractivity contribution is -0.00551. The third-order valence-corrected chi connectivity index (χ3v) is 4.76. The van der Waals surface area contributed by atoms with E-state index in [4.69, 9.17) is 4.74 Å². The van der Waals surface area contributed by atoms with Gasteiger partial charge in [-0.2, -0.15) is 11.8 Å². The number of rotatable bonds is 0. The average molecular weight is 236 g/mol. The van der Waals surface area contributed by atoms with Crippen LogP contribution in [0.3, 0.4) is 0 Å². The van der Waals surface area contributed by atoms with Gasteiger partial charge in [-0.25, -0.2) is 0 Å². The Kier molecular flexibility index (Phi) is 2.60. The summed E-state index contributed by atoms with van der Waals surface area (Å²) in [6.07, 6.45) is 2.66. The molecule has 1 aromatic carbocycles. The summed E-state index contributed by atoms with van der Waals surface area (Å²) in [4.78, 5) is 0. The highest BCUT2D eigenvalue weighted by molar-refractivity contribution is 7.99. The van der Waals surface area contributed by atoms with E-state index in [-0.39, 0.29) is 11.7 Å². The Morgan fingerprint density at radius 1 is 1.38 bits per heavy atom. The number of hydrogen-bond donors (Lipinski definition) is 1. The van der Waals surface area contributed by atoms with Crippen molar-refractivity contribution in [3.05, 3.63) is 29.8 Å². The zero-order chi connectivity index (χ0) is 11.0. The molecule has 1 saturated heterocycles. The fourth-order valence-electron chi connectivity index (χ4n) is 2.65. The molecule has 2 nitrogen and oxygen atoms in total. The maximum absolute atomic E-state index is 10.2. The summed E-state index contributed by atoms with van der Waals surface area (Å²) in [5.41, 5.74) is 0.833. The Balaban J connectivity index is 1.93. The lowest BCUT2D eigenvalue weighted by Crippen LogP contribution is -2.45. The first kappa shape index (κ1) is 10.5. The van der Waals surface area contributed by atoms with Crippen molar-refractivity contribution in [2.75, 3.05) is 11.5 Å². The first-order valence-corrected chi connectivity index (χ1v) is 6.98. The van der Waals surface area contributed by atoms with Crippen LogP contribution in [0.5, 0.6) is 5.75 Å². The highest BCUT2D eigenvalue weighted by Crippen LogP contribution is 2.44. The van der Waals surface area contributed by atoms with Crippen molar-refractivity contribution in [2.24, 2.45) is 0 Å². The van der Waals surface area contributed by atoms with E-state index >= 15 is 0 Å². The summed E-state index contributed by atoms with van der Waals surface area (Å²) < 4.78 is 6.15. The van der Waals surface area contributed by atoms with Crippen LogP contribution in [0.4, 0.5) is 0 Å². The predicted octanol–water partition coefficient (Wildman–Crippen LogP) is 2.77. The summed E-state index contributed by atoms with van der Waals surface area (Å²) in [6.45, 7) is 0. The van der Waals surface area contributed by atoms with Gasteiger partial charge in [-0.3, -0.25) is 0 Å². The summed E-state index contributed by atoms with van der Waals surface area (Å²) in [6, 6.07) is 7.86. The van der Waals surface area contributed by atoms with E-state index in [1.807, 2.05) is 36.0 Å². The van der Waals surface area contributed by atoms with E-state index in [2.05, 4.69) is 0 Å². The third-order valence-electron chi connectivity index (χ3n) is 3.46. The molecule has 2 heterocycles. The van der Waals surface area contributed by atoms with Crippen LogP contribution in [0.15, 0.2) is 24.3 Å². The molecule has 3 heteroatoms. The zero-order valence-electron chi connectivity index (χ0n) is 9.19. The molecule has 2 aliphatic heterocycles. The van der Waals surface area contributed by atoms with E-state index in [1.54, 1.807) is 0 Å². The Bertz CT molecular complexity index is 385. The minimum absolute atomic E-state index is 0.114. The molecular weight excluding hydrogens is 220 g/mol. The van der Waals surface area contributed by atoms with Crippen molar-refractivity contribution in [3.63, 3.8) is 0 Å². The molecule has 0 amide bonds. The second kappa shape index (κ2) is 3.97. The van der Waals surface area contributed by atoms with Crippen molar-refractivity contribution >= 4 is 11.8 Å². The summed E-state index contributed by atoms with van der Waals surface area (Å²) >= 11 is 1.94. The highest BCUT2D eigenvalue weighted by Gasteiger charge is 2.41. The van der Waals surface area contributed by atoms with Gasteiger partial charge in [-0.05, 0) is 24.7 Å². The lowest BCUT2D eigenvalue weighted by atomic mass is 9.86. The van der Waals surface area contributed by atoms with Crippen molar-refractivity contribution in [1.29, 1.82) is 0 Å². The molecule has 2 atom stereocenters. The number of aliphatic hydroxyl groups is 1. The van der Waals surface area contributed by atoms with Crippen LogP contribution in [0.1, 0.15) is 30.9 Å². The Morgan fingerprint density at radius 2 is 2.25 bits per heavy atom. The van der Waals surface area contributed by atoms with Gasteiger partial charge in [0.1, 0.15) is 11.4 Å². The molecular formula is C13H16O2S. The summed E-state index contributed by atoms with van der Waals surface area (Å²) in [7, 11) is 0. The number of fused-ring (bicyclic) bond motifs is 1. The van der Waals surface area contributed by atoms with Crippen molar-refractivity contribution in [3.8, 4) is 5.75 Å². The molecule has 0 aliphatic carbocycles. The van der Waals surface area contributed by atoms with Gasteiger partial charge in [0.2, 0.25) is 0 Å². The van der Waals surface area contributed by atoms with E-state index in [1.165, 1.54) is 12.2 Å². The molecule has 16 heavy (non-hydrogen) atoms. The van der Waals surface area contributed by atoms with Gasteiger partial charge in [0, 0.05) is 17.7 Å². The maximum Gasteiger partial charge on any atom is 0.125 e. The Labute approximate surface area is 100 Å². The number of hydrogen-bond acceptors (Lipinski definition) is 3. The summed E-state index contributed by atoms with van der Waals surface area (Å²) in [5.74, 6) is 3.12. The molecule has 1 N–H and O–H groups in total. The highest BCUT2D eigenvalue weighted by atomic mass is 32.2. The van der Waals surface area contributed by atoms with Gasteiger partial charge < -0.3 is 9.84 Å². The minimum atomic E-state index is -0.358. The monoisotopic (exact) mass is 236 g/mol. The van der Waals surface area contributed by atoms with Gasteiger partial charge in [0.15, 0.2) is 0 Å². The molecule has 86 valence electrons. The quantitative estimate of drug-likeness (QED) is 0.751. The first-order valence-electron chi connectivity index (χ1n) is 5.83.